The van der Waals surface area contributed by atoms with Gasteiger partial charge in [-0.15, -0.1) is 0 Å². The van der Waals surface area contributed by atoms with Crippen molar-refractivity contribution in [2.24, 2.45) is 5.92 Å². The smallest absolute Gasteiger partial charge is 0.349 e. The number of pyridine rings is 2. The molecule has 0 spiro atoms. The lowest BCUT2D eigenvalue weighted by molar-refractivity contribution is -0.138. The lowest BCUT2D eigenvalue weighted by Gasteiger charge is -2.14. The van der Waals surface area contributed by atoms with Crippen molar-refractivity contribution in [2.45, 2.75) is 72.1 Å². The summed E-state index contributed by atoms with van der Waals surface area (Å²) in [5.74, 6) is -1.27. The molecule has 0 aliphatic carbocycles. The third-order valence-electron chi connectivity index (χ3n) is 6.98. The van der Waals surface area contributed by atoms with Crippen LogP contribution in [0, 0.1) is 28.6 Å². The Morgan fingerprint density at radius 2 is 1.35 bits per heavy atom. The molecule has 3 rings (SSSR count). The van der Waals surface area contributed by atoms with Crippen LogP contribution in [0.4, 0.5) is 0 Å². The molecule has 208 valence electrons. The van der Waals surface area contributed by atoms with Gasteiger partial charge in [0.25, 0.3) is 0 Å². The Morgan fingerprint density at radius 3 is 1.85 bits per heavy atom. The highest BCUT2D eigenvalue weighted by Gasteiger charge is 2.22. The maximum absolute atomic E-state index is 13.3. The monoisotopic (exact) mass is 540 g/mol. The van der Waals surface area contributed by atoms with Crippen molar-refractivity contribution in [2.75, 3.05) is 13.2 Å². The van der Waals surface area contributed by atoms with E-state index in [2.05, 4.69) is 30.7 Å². The minimum atomic E-state index is -0.745. The van der Waals surface area contributed by atoms with Gasteiger partial charge >= 0.3 is 11.9 Å². The Balaban J connectivity index is 2.24. The fourth-order valence-electron chi connectivity index (χ4n) is 4.71. The quantitative estimate of drug-likeness (QED) is 0.168. The standard InChI is InChI=1S/C32H36N4O4/c1-4-7-9-10-18-39-31(37)25(19-33)27-23-14-11-17-36-30(23)28(24-15-12-16-35-29(24)27)26(20-34)32(38)40-21-22(6-3)13-8-5-2/h11-12,14-17,22H,4-10,13,18,21H2,1-3H3/b27-25+,28-26+. The van der Waals surface area contributed by atoms with Crippen molar-refractivity contribution in [1.82, 2.24) is 9.97 Å². The Bertz CT molecular complexity index is 1500. The number of aromatic nitrogens is 2. The van der Waals surface area contributed by atoms with Crippen LogP contribution in [0.2, 0.25) is 0 Å². The molecule has 0 bridgehead atoms. The Hall–Kier alpha value is -4.30. The molecule has 2 heterocycles. The van der Waals surface area contributed by atoms with Crippen LogP contribution in [-0.4, -0.2) is 35.1 Å². The van der Waals surface area contributed by atoms with Gasteiger partial charge in [-0.25, -0.2) is 9.59 Å². The van der Waals surface area contributed by atoms with Crippen LogP contribution in [0.3, 0.4) is 0 Å². The third kappa shape index (κ3) is 7.01. The second kappa shape index (κ2) is 15.3. The molecule has 1 unspecified atom stereocenters. The van der Waals surface area contributed by atoms with Gasteiger partial charge in [-0.3, -0.25) is 9.97 Å². The molecule has 1 aromatic carbocycles. The molecule has 0 aliphatic heterocycles. The molecule has 8 nitrogen and oxygen atoms in total. The number of unbranched alkanes of at least 4 members (excludes halogenated alkanes) is 4. The first-order valence-electron chi connectivity index (χ1n) is 14.1. The number of carbonyl (C=O) groups excluding carboxylic acids is 2. The van der Waals surface area contributed by atoms with Crippen molar-refractivity contribution >= 4 is 44.9 Å². The van der Waals surface area contributed by atoms with E-state index < -0.39 is 11.9 Å². The maximum Gasteiger partial charge on any atom is 0.349 e. The molecule has 0 fully saturated rings. The molecule has 0 radical (unpaired) electrons. The second-order valence-corrected chi connectivity index (χ2v) is 9.73. The van der Waals surface area contributed by atoms with E-state index in [9.17, 15) is 20.1 Å². The Morgan fingerprint density at radius 1 is 0.800 bits per heavy atom. The number of ether oxygens (including phenoxy) is 2. The summed E-state index contributed by atoms with van der Waals surface area (Å²) in [6, 6.07) is 10.8. The van der Waals surface area contributed by atoms with E-state index in [0.29, 0.717) is 28.2 Å². The largest absolute Gasteiger partial charge is 0.462 e. The molecule has 0 saturated carbocycles. The summed E-state index contributed by atoms with van der Waals surface area (Å²) in [5.41, 5.74) is 0.197. The number of hydrogen-bond acceptors (Lipinski definition) is 8. The van der Waals surface area contributed by atoms with Gasteiger partial charge in [-0.2, -0.15) is 10.5 Å². The molecule has 0 saturated heterocycles. The van der Waals surface area contributed by atoms with Crippen LogP contribution in [0.1, 0.15) is 72.1 Å². The number of benzene rings is 1. The summed E-state index contributed by atoms with van der Waals surface area (Å²) in [7, 11) is 0. The molecule has 0 aliphatic rings. The van der Waals surface area contributed by atoms with Crippen molar-refractivity contribution in [1.29, 1.82) is 10.5 Å². The zero-order chi connectivity index (χ0) is 28.9. The predicted molar refractivity (Wildman–Crippen MR) is 154 cm³/mol. The number of esters is 2. The summed E-state index contributed by atoms with van der Waals surface area (Å²) in [6.07, 6.45) is 10.7. The molecule has 40 heavy (non-hydrogen) atoms. The zero-order valence-electron chi connectivity index (χ0n) is 23.5. The van der Waals surface area contributed by atoms with Crippen molar-refractivity contribution in [3.8, 4) is 12.1 Å². The second-order valence-electron chi connectivity index (χ2n) is 9.73. The van der Waals surface area contributed by atoms with Gasteiger partial charge < -0.3 is 9.47 Å². The van der Waals surface area contributed by atoms with Crippen LogP contribution in [-0.2, 0) is 19.1 Å². The minimum absolute atomic E-state index is 0.199. The van der Waals surface area contributed by atoms with E-state index in [-0.39, 0.29) is 40.7 Å². The van der Waals surface area contributed by atoms with Gasteiger partial charge in [0.05, 0.1) is 24.2 Å². The molecular formula is C32H36N4O4. The minimum Gasteiger partial charge on any atom is -0.462 e. The number of hydrogen-bond donors (Lipinski definition) is 0. The highest BCUT2D eigenvalue weighted by Crippen LogP contribution is 2.17. The van der Waals surface area contributed by atoms with Crippen molar-refractivity contribution in [3.05, 3.63) is 47.1 Å². The maximum atomic E-state index is 13.3. The van der Waals surface area contributed by atoms with E-state index in [0.717, 1.165) is 44.9 Å². The average Bonchev–Trinajstić information content (AvgIpc) is 2.98. The van der Waals surface area contributed by atoms with Crippen LogP contribution in [0.25, 0.3) is 33.0 Å². The van der Waals surface area contributed by atoms with E-state index in [1.54, 1.807) is 24.3 Å². The van der Waals surface area contributed by atoms with Crippen LogP contribution in [0.5, 0.6) is 0 Å². The van der Waals surface area contributed by atoms with Gasteiger partial charge in [0.2, 0.25) is 0 Å². The average molecular weight is 541 g/mol. The Kier molecular flexibility index (Phi) is 11.6. The normalized spacial score (nSPS) is 13.2. The molecule has 1 atom stereocenters. The number of nitrogens with zero attached hydrogens (tertiary/aromatic N) is 4. The lowest BCUT2D eigenvalue weighted by Crippen LogP contribution is -2.26. The van der Waals surface area contributed by atoms with Crippen LogP contribution >= 0.6 is 0 Å². The number of nitriles is 2. The number of carbonyl (C=O) groups is 2. The molecule has 2 aromatic heterocycles. The predicted octanol–water partition coefficient (Wildman–Crippen LogP) is 5.01. The van der Waals surface area contributed by atoms with E-state index in [1.807, 2.05) is 12.1 Å². The van der Waals surface area contributed by atoms with E-state index in [1.165, 1.54) is 12.4 Å². The van der Waals surface area contributed by atoms with Gasteiger partial charge in [0.1, 0.15) is 23.3 Å². The SMILES string of the molecule is CCCCCCOC(=O)/C(C#N)=c1\c2cccnc2/c(=C(\C#N)C(=O)OCC(CC)CCCC)c2cccnc12. The molecular weight excluding hydrogens is 504 g/mol. The zero-order valence-corrected chi connectivity index (χ0v) is 23.5. The summed E-state index contributed by atoms with van der Waals surface area (Å²) in [5, 5.41) is 21.6. The topological polar surface area (TPSA) is 126 Å². The van der Waals surface area contributed by atoms with E-state index >= 15 is 0 Å². The fourth-order valence-corrected chi connectivity index (χ4v) is 4.71. The van der Waals surface area contributed by atoms with Gasteiger partial charge in [0, 0.05) is 33.6 Å². The molecule has 8 heteroatoms. The van der Waals surface area contributed by atoms with Crippen molar-refractivity contribution in [3.63, 3.8) is 0 Å². The van der Waals surface area contributed by atoms with Crippen molar-refractivity contribution < 1.29 is 19.1 Å². The lowest BCUT2D eigenvalue weighted by atomic mass is 9.98. The first-order valence-corrected chi connectivity index (χ1v) is 14.1. The van der Waals surface area contributed by atoms with Gasteiger partial charge in [-0.1, -0.05) is 71.4 Å². The summed E-state index contributed by atoms with van der Waals surface area (Å²) in [4.78, 5) is 35.3. The number of rotatable bonds is 13. The molecule has 3 aromatic rings. The molecule has 0 N–H and O–H groups in total. The summed E-state index contributed by atoms with van der Waals surface area (Å²) >= 11 is 0. The number of fused-ring (bicyclic) bond motifs is 2. The van der Waals surface area contributed by atoms with Crippen LogP contribution < -0.4 is 10.4 Å². The fraction of sp³-hybridized carbons (Fsp3) is 0.438. The summed E-state index contributed by atoms with van der Waals surface area (Å²) in [6.45, 7) is 6.69. The van der Waals surface area contributed by atoms with Gasteiger partial charge in [0.15, 0.2) is 0 Å². The van der Waals surface area contributed by atoms with Crippen LogP contribution in [0.15, 0.2) is 36.7 Å². The molecule has 0 amide bonds. The first kappa shape index (κ1) is 30.2. The highest BCUT2D eigenvalue weighted by atomic mass is 16.5. The first-order chi connectivity index (χ1) is 19.5. The summed E-state index contributed by atoms with van der Waals surface area (Å²) < 4.78 is 11.1. The highest BCUT2D eigenvalue weighted by molar-refractivity contribution is 6.21. The Labute approximate surface area is 234 Å². The van der Waals surface area contributed by atoms with Gasteiger partial charge in [-0.05, 0) is 30.9 Å². The van der Waals surface area contributed by atoms with E-state index in [4.69, 9.17) is 9.47 Å². The third-order valence-corrected chi connectivity index (χ3v) is 6.98.